The lowest BCUT2D eigenvalue weighted by atomic mass is 10.0. The summed E-state index contributed by atoms with van der Waals surface area (Å²) in [6.45, 7) is 8.66. The second kappa shape index (κ2) is 13.6. The van der Waals surface area contributed by atoms with Gasteiger partial charge in [-0.15, -0.1) is 0 Å². The molecule has 0 aliphatic carbocycles. The number of fused-ring (bicyclic) bond motifs is 4. The Morgan fingerprint density at radius 2 is 1.67 bits per heavy atom. The number of rotatable bonds is 9. The van der Waals surface area contributed by atoms with Crippen LogP contribution in [0.2, 0.25) is 10.0 Å². The van der Waals surface area contributed by atoms with Gasteiger partial charge in [0.05, 0.1) is 40.3 Å². The van der Waals surface area contributed by atoms with Crippen molar-refractivity contribution in [3.05, 3.63) is 70.2 Å². The van der Waals surface area contributed by atoms with Gasteiger partial charge in [-0.05, 0) is 75.9 Å². The van der Waals surface area contributed by atoms with Crippen molar-refractivity contribution in [1.29, 1.82) is 0 Å². The average molecular weight is 745 g/mol. The molecule has 2 aliphatic heterocycles. The number of carbonyl (C=O) groups excluding carboxylic acids is 1. The Bertz CT molecular complexity index is 1630. The van der Waals surface area contributed by atoms with Gasteiger partial charge in [0.15, 0.2) is 11.0 Å². The zero-order valence-corrected chi connectivity index (χ0v) is 28.5. The monoisotopic (exact) mass is 743 g/mol. The van der Waals surface area contributed by atoms with Crippen LogP contribution in [0.25, 0.3) is 16.6 Å². The van der Waals surface area contributed by atoms with Gasteiger partial charge in [0.2, 0.25) is 15.9 Å². The average Bonchev–Trinajstić information content (AvgIpc) is 3.41. The van der Waals surface area contributed by atoms with E-state index in [-0.39, 0.29) is 29.7 Å². The SMILES string of the molecule is CCN1C(=CC=C2CCC[n+]3c2n(CCCCS(=O)(=O)NC(C)=O)c2ccccc23)N(CC)c2cc(Cl)c(Cl)cc21.[I-]. The second-order valence-corrected chi connectivity index (χ2v) is 13.0. The molecule has 2 aromatic carbocycles. The maximum Gasteiger partial charge on any atom is 0.285 e. The van der Waals surface area contributed by atoms with Crippen LogP contribution in [-0.2, 0) is 27.9 Å². The zero-order valence-electron chi connectivity index (χ0n) is 24.0. The zero-order chi connectivity index (χ0) is 29.3. The van der Waals surface area contributed by atoms with Gasteiger partial charge in [-0.3, -0.25) is 9.52 Å². The Hall–Kier alpha value is -2.28. The van der Waals surface area contributed by atoms with E-state index in [1.165, 1.54) is 18.0 Å². The third-order valence-corrected chi connectivity index (χ3v) is 9.80. The number of sulfonamides is 1. The molecule has 1 N–H and O–H groups in total. The Morgan fingerprint density at radius 3 is 2.29 bits per heavy atom. The Balaban J connectivity index is 0.00000405. The third kappa shape index (κ3) is 6.46. The molecule has 8 nitrogen and oxygen atoms in total. The lowest BCUT2D eigenvalue weighted by Gasteiger charge is -2.23. The third-order valence-electron chi connectivity index (χ3n) is 7.65. The van der Waals surface area contributed by atoms with Crippen molar-refractivity contribution in [2.75, 3.05) is 28.6 Å². The Kier molecular flexibility index (Phi) is 10.5. The number of benzene rings is 2. The molecule has 226 valence electrons. The molecule has 3 aromatic rings. The first kappa shape index (κ1) is 32.6. The highest BCUT2D eigenvalue weighted by molar-refractivity contribution is 7.90. The number of carbonyl (C=O) groups is 1. The number of aryl methyl sites for hydroxylation is 2. The van der Waals surface area contributed by atoms with Crippen molar-refractivity contribution >= 4 is 67.1 Å². The number of hydrogen-bond donors (Lipinski definition) is 1. The topological polar surface area (TPSA) is 78.5 Å². The number of allylic oxidation sites excluding steroid dienone is 3. The van der Waals surface area contributed by atoms with Crippen LogP contribution in [-0.4, -0.2) is 37.7 Å². The van der Waals surface area contributed by atoms with E-state index >= 15 is 0 Å². The number of amides is 1. The summed E-state index contributed by atoms with van der Waals surface area (Å²) in [6, 6.07) is 12.3. The van der Waals surface area contributed by atoms with Crippen molar-refractivity contribution in [3.8, 4) is 0 Å². The number of nitrogens with zero attached hydrogens (tertiary/aromatic N) is 4. The lowest BCUT2D eigenvalue weighted by molar-refractivity contribution is -0.678. The van der Waals surface area contributed by atoms with Crippen LogP contribution in [0, 0.1) is 0 Å². The Morgan fingerprint density at radius 1 is 1.02 bits per heavy atom. The van der Waals surface area contributed by atoms with E-state index in [9.17, 15) is 13.2 Å². The molecule has 0 fully saturated rings. The summed E-state index contributed by atoms with van der Waals surface area (Å²) >= 11 is 12.8. The van der Waals surface area contributed by atoms with Crippen LogP contribution in [0.15, 0.2) is 54.4 Å². The summed E-state index contributed by atoms with van der Waals surface area (Å²) in [7, 11) is -3.61. The molecular weight excluding hydrogens is 708 g/mol. The molecule has 5 rings (SSSR count). The molecule has 0 spiro atoms. The highest BCUT2D eigenvalue weighted by atomic mass is 127. The first-order chi connectivity index (χ1) is 19.6. The van der Waals surface area contributed by atoms with E-state index in [0.717, 1.165) is 61.0 Å². The van der Waals surface area contributed by atoms with Crippen LogP contribution in [0.4, 0.5) is 11.4 Å². The molecule has 42 heavy (non-hydrogen) atoms. The van der Waals surface area contributed by atoms with Crippen molar-refractivity contribution in [3.63, 3.8) is 0 Å². The fraction of sp³-hybridized carbons (Fsp3) is 0.400. The summed E-state index contributed by atoms with van der Waals surface area (Å²) in [6.07, 6.45) is 7.54. The molecule has 0 unspecified atom stereocenters. The number of anilines is 2. The van der Waals surface area contributed by atoms with Gasteiger partial charge in [0.25, 0.3) is 5.82 Å². The molecule has 0 saturated heterocycles. The largest absolute Gasteiger partial charge is 1.00 e. The minimum Gasteiger partial charge on any atom is -1.00 e. The minimum absolute atomic E-state index is 0. The van der Waals surface area contributed by atoms with Crippen LogP contribution in [0.5, 0.6) is 0 Å². The standard InChI is InChI=1S/C30H35Cl2N5O3S.HI/c1-4-34-27-19-23(31)24(32)20-28(27)35(5-2)29(34)15-14-22-11-10-17-37-26-13-7-6-12-25(26)36(30(22)37)16-8-9-18-41(39,40)33-21(3)38;/h6-7,12-15,19-20H,4-5,8-11,16-18H2,1-3H3;1H. The number of unbranched alkanes of at least 4 members (excludes halogenated alkanes) is 1. The first-order valence-corrected chi connectivity index (χ1v) is 16.5. The number of imidazole rings is 1. The summed E-state index contributed by atoms with van der Waals surface area (Å²) < 4.78 is 31.1. The van der Waals surface area contributed by atoms with Crippen LogP contribution >= 0.6 is 23.2 Å². The number of hydrogen-bond acceptors (Lipinski definition) is 5. The number of halogens is 3. The summed E-state index contributed by atoms with van der Waals surface area (Å²) in [5, 5.41) is 1.09. The van der Waals surface area contributed by atoms with Crippen LogP contribution < -0.4 is 43.1 Å². The predicted molar refractivity (Wildman–Crippen MR) is 167 cm³/mol. The fourth-order valence-electron chi connectivity index (χ4n) is 5.99. The van der Waals surface area contributed by atoms with Crippen molar-refractivity contribution in [2.24, 2.45) is 0 Å². The van der Waals surface area contributed by atoms with E-state index in [2.05, 4.69) is 67.9 Å². The molecule has 0 bridgehead atoms. The molecule has 2 aliphatic rings. The van der Waals surface area contributed by atoms with E-state index in [1.807, 2.05) is 18.2 Å². The Labute approximate surface area is 275 Å². The molecule has 3 heterocycles. The molecule has 1 amide bonds. The van der Waals surface area contributed by atoms with Crippen LogP contribution in [0.1, 0.15) is 52.3 Å². The van der Waals surface area contributed by atoms with Crippen molar-refractivity contribution in [2.45, 2.75) is 59.5 Å². The molecule has 12 heteroatoms. The van der Waals surface area contributed by atoms with E-state index in [1.54, 1.807) is 0 Å². The highest BCUT2D eigenvalue weighted by Crippen LogP contribution is 2.45. The van der Waals surface area contributed by atoms with Gasteiger partial charge >= 0.3 is 0 Å². The molecule has 0 saturated carbocycles. The van der Waals surface area contributed by atoms with Crippen molar-refractivity contribution < 1.29 is 41.8 Å². The summed E-state index contributed by atoms with van der Waals surface area (Å²) in [4.78, 5) is 15.8. The molecule has 0 radical (unpaired) electrons. The number of para-hydroxylation sites is 2. The highest BCUT2D eigenvalue weighted by Gasteiger charge is 2.32. The van der Waals surface area contributed by atoms with Crippen LogP contribution in [0.3, 0.4) is 0 Å². The van der Waals surface area contributed by atoms with Gasteiger partial charge in [-0.1, -0.05) is 35.3 Å². The molecule has 0 atom stereocenters. The van der Waals surface area contributed by atoms with E-state index < -0.39 is 15.9 Å². The number of nitrogens with one attached hydrogen (secondary N) is 1. The van der Waals surface area contributed by atoms with E-state index in [4.69, 9.17) is 23.2 Å². The maximum absolute atomic E-state index is 12.2. The maximum atomic E-state index is 12.2. The van der Waals surface area contributed by atoms with Gasteiger partial charge in [-0.25, -0.2) is 17.6 Å². The van der Waals surface area contributed by atoms with Gasteiger partial charge in [-0.2, -0.15) is 0 Å². The lowest BCUT2D eigenvalue weighted by Crippen LogP contribution is -3.00. The normalized spacial score (nSPS) is 15.5. The molecular formula is C30H36Cl2IN5O3S. The minimum atomic E-state index is -3.61. The fourth-order valence-corrected chi connectivity index (χ4v) is 7.43. The molecule has 1 aromatic heterocycles. The first-order valence-electron chi connectivity index (χ1n) is 14.1. The number of aromatic nitrogens is 2. The van der Waals surface area contributed by atoms with E-state index in [0.29, 0.717) is 29.4 Å². The summed E-state index contributed by atoms with van der Waals surface area (Å²) in [5.41, 5.74) is 5.65. The van der Waals surface area contributed by atoms with Gasteiger partial charge < -0.3 is 33.8 Å². The quantitative estimate of drug-likeness (QED) is 0.208. The van der Waals surface area contributed by atoms with Crippen molar-refractivity contribution in [1.82, 2.24) is 9.29 Å². The van der Waals surface area contributed by atoms with Gasteiger partial charge in [0.1, 0.15) is 5.82 Å². The predicted octanol–water partition coefficient (Wildman–Crippen LogP) is 2.87. The van der Waals surface area contributed by atoms with Gasteiger partial charge in [0, 0.05) is 25.6 Å². The summed E-state index contributed by atoms with van der Waals surface area (Å²) in [5.74, 6) is 1.60. The smallest absolute Gasteiger partial charge is 0.285 e. The second-order valence-electron chi connectivity index (χ2n) is 10.4.